The van der Waals surface area contributed by atoms with E-state index < -0.39 is 26.2 Å². The van der Waals surface area contributed by atoms with Gasteiger partial charge in [0.2, 0.25) is 11.5 Å². The van der Waals surface area contributed by atoms with E-state index in [1.165, 1.54) is 6.08 Å². The molecule has 2 rings (SSSR count). The van der Waals surface area contributed by atoms with E-state index in [-0.39, 0.29) is 47.4 Å². The number of hydrogen-bond acceptors (Lipinski definition) is 6. The van der Waals surface area contributed by atoms with Gasteiger partial charge in [0.15, 0.2) is 8.32 Å². The number of hydrogen-bond donors (Lipinski definition) is 1. The van der Waals surface area contributed by atoms with Crippen molar-refractivity contribution in [3.63, 3.8) is 0 Å². The van der Waals surface area contributed by atoms with Gasteiger partial charge in [-0.25, -0.2) is 4.79 Å². The van der Waals surface area contributed by atoms with E-state index >= 15 is 0 Å². The number of rotatable bonds is 5. The largest absolute Gasteiger partial charge is 0.460 e. The third-order valence-electron chi connectivity index (χ3n) is 7.12. The first-order valence-corrected chi connectivity index (χ1v) is 14.2. The highest BCUT2D eigenvalue weighted by Crippen LogP contribution is 2.48. The van der Waals surface area contributed by atoms with Gasteiger partial charge in [-0.3, -0.25) is 0 Å². The molecule has 0 aliphatic carbocycles. The lowest BCUT2D eigenvalue weighted by molar-refractivity contribution is -0.333. The van der Waals surface area contributed by atoms with Crippen molar-refractivity contribution < 1.29 is 28.5 Å². The molecular formula is C23H42O6Si. The van der Waals surface area contributed by atoms with E-state index in [1.54, 1.807) is 6.92 Å². The van der Waals surface area contributed by atoms with Crippen LogP contribution >= 0.6 is 0 Å². The molecule has 0 aromatic carbocycles. The molecule has 2 aliphatic heterocycles. The highest BCUT2D eigenvalue weighted by Gasteiger charge is 2.57. The maximum atomic E-state index is 12.4. The molecule has 1 spiro atoms. The van der Waals surface area contributed by atoms with Crippen molar-refractivity contribution in [1.29, 1.82) is 0 Å². The third-order valence-corrected chi connectivity index (χ3v) is 11.6. The predicted molar refractivity (Wildman–Crippen MR) is 119 cm³/mol. The van der Waals surface area contributed by atoms with E-state index in [2.05, 4.69) is 54.6 Å². The van der Waals surface area contributed by atoms with Crippen molar-refractivity contribution in [1.82, 2.24) is 0 Å². The van der Waals surface area contributed by atoms with E-state index in [9.17, 15) is 9.90 Å². The third kappa shape index (κ3) is 4.95. The molecule has 0 amide bonds. The van der Waals surface area contributed by atoms with E-state index in [0.717, 1.165) is 0 Å². The normalized spacial score (nSPS) is 35.2. The highest BCUT2D eigenvalue weighted by atomic mass is 28.4. The second-order valence-corrected chi connectivity index (χ2v) is 15.5. The van der Waals surface area contributed by atoms with Gasteiger partial charge in [-0.05, 0) is 37.0 Å². The molecule has 0 aromatic heterocycles. The first kappa shape index (κ1) is 25.4. The fourth-order valence-corrected chi connectivity index (χ4v) is 5.46. The van der Waals surface area contributed by atoms with E-state index in [0.29, 0.717) is 6.42 Å². The number of aliphatic hydroxyl groups is 1. The fourth-order valence-electron chi connectivity index (χ4n) is 4.05. The Morgan fingerprint density at radius 1 is 1.33 bits per heavy atom. The summed E-state index contributed by atoms with van der Waals surface area (Å²) in [6.45, 7) is 21.5. The SMILES string of the molecule is CCOC(=O)C1=C[C@@H](O)[C@H](C)[C@]2(C[C@@H](O[Si](C)(C)C(C)(C)C)[C@H](C)[C@@H](C(C)C)O2)O1. The molecule has 1 N–H and O–H groups in total. The lowest BCUT2D eigenvalue weighted by Gasteiger charge is -2.54. The van der Waals surface area contributed by atoms with Crippen LogP contribution in [0.4, 0.5) is 0 Å². The summed E-state index contributed by atoms with van der Waals surface area (Å²) in [6.07, 6.45) is 0.809. The van der Waals surface area contributed by atoms with Crippen molar-refractivity contribution in [3.8, 4) is 0 Å². The minimum absolute atomic E-state index is 0.0191. The molecule has 6 nitrogen and oxygen atoms in total. The van der Waals surface area contributed by atoms with Crippen LogP contribution in [0.2, 0.25) is 18.1 Å². The average molecular weight is 443 g/mol. The summed E-state index contributed by atoms with van der Waals surface area (Å²) in [4.78, 5) is 12.4. The highest BCUT2D eigenvalue weighted by molar-refractivity contribution is 6.74. The van der Waals surface area contributed by atoms with Crippen LogP contribution in [0.3, 0.4) is 0 Å². The van der Waals surface area contributed by atoms with E-state index in [4.69, 9.17) is 18.6 Å². The Morgan fingerprint density at radius 2 is 1.93 bits per heavy atom. The molecule has 1 fully saturated rings. The van der Waals surface area contributed by atoms with Gasteiger partial charge in [0.25, 0.3) is 0 Å². The summed E-state index contributed by atoms with van der Waals surface area (Å²) in [5.74, 6) is -1.65. The number of ether oxygens (including phenoxy) is 3. The molecule has 1 saturated heterocycles. The van der Waals surface area contributed by atoms with Gasteiger partial charge in [0.1, 0.15) is 0 Å². The number of aliphatic hydroxyl groups excluding tert-OH is 1. The van der Waals surface area contributed by atoms with Gasteiger partial charge in [-0.2, -0.15) is 0 Å². The molecule has 0 bridgehead atoms. The Bertz CT molecular complexity index is 653. The molecule has 0 radical (unpaired) electrons. The van der Waals surface area contributed by atoms with Crippen LogP contribution in [-0.2, 0) is 23.4 Å². The maximum Gasteiger partial charge on any atom is 0.373 e. The number of carbonyl (C=O) groups is 1. The molecule has 0 saturated carbocycles. The second kappa shape index (κ2) is 8.92. The Morgan fingerprint density at radius 3 is 2.43 bits per heavy atom. The summed E-state index contributed by atoms with van der Waals surface area (Å²) < 4.78 is 24.8. The molecule has 7 heteroatoms. The van der Waals surface area contributed by atoms with Crippen LogP contribution in [0.15, 0.2) is 11.8 Å². The average Bonchev–Trinajstić information content (AvgIpc) is 2.61. The smallest absolute Gasteiger partial charge is 0.373 e. The molecule has 2 heterocycles. The van der Waals surface area contributed by atoms with Gasteiger partial charge >= 0.3 is 5.97 Å². The zero-order valence-electron chi connectivity index (χ0n) is 20.4. The Kier molecular flexibility index (Phi) is 7.55. The lowest BCUT2D eigenvalue weighted by atomic mass is 9.78. The summed E-state index contributed by atoms with van der Waals surface area (Å²) in [5.41, 5.74) is 0. The summed E-state index contributed by atoms with van der Waals surface area (Å²) in [7, 11) is -2.05. The van der Waals surface area contributed by atoms with Crippen LogP contribution in [0.1, 0.15) is 61.8 Å². The summed E-state index contributed by atoms with van der Waals surface area (Å²) >= 11 is 0. The fraction of sp³-hybridized carbons (Fsp3) is 0.870. The van der Waals surface area contributed by atoms with Crippen LogP contribution in [-0.4, -0.2) is 50.1 Å². The van der Waals surface area contributed by atoms with Crippen LogP contribution in [0.25, 0.3) is 0 Å². The number of carbonyl (C=O) groups excluding carboxylic acids is 1. The lowest BCUT2D eigenvalue weighted by Crippen LogP contribution is -2.62. The molecule has 2 aliphatic rings. The van der Waals surface area contributed by atoms with Crippen molar-refractivity contribution in [2.75, 3.05) is 6.61 Å². The standard InChI is InChI=1S/C23H42O6Si/c1-11-26-21(25)18-12-17(24)16(5)23(27-18)13-19(15(4)20(28-23)14(2)3)29-30(9,10)22(6,7)8/h12,14-17,19-20,24H,11,13H2,1-10H3/t15-,16-,17+,19+,20+,23+/m0/s1. The van der Waals surface area contributed by atoms with Crippen LogP contribution in [0.5, 0.6) is 0 Å². The molecule has 30 heavy (non-hydrogen) atoms. The van der Waals surface area contributed by atoms with Gasteiger partial charge in [-0.1, -0.05) is 48.5 Å². The second-order valence-electron chi connectivity index (χ2n) is 10.8. The number of esters is 1. The predicted octanol–water partition coefficient (Wildman–Crippen LogP) is 4.63. The Hall–Kier alpha value is -0.893. The minimum atomic E-state index is -2.05. The topological polar surface area (TPSA) is 74.2 Å². The summed E-state index contributed by atoms with van der Waals surface area (Å²) in [6, 6.07) is 0. The Labute approximate surface area is 183 Å². The molecule has 6 atom stereocenters. The van der Waals surface area contributed by atoms with Crippen molar-refractivity contribution in [3.05, 3.63) is 11.8 Å². The zero-order chi connectivity index (χ0) is 23.1. The van der Waals surface area contributed by atoms with Gasteiger partial charge in [0.05, 0.1) is 30.8 Å². The summed E-state index contributed by atoms with van der Waals surface area (Å²) in [5, 5.41) is 10.8. The monoisotopic (exact) mass is 442 g/mol. The first-order valence-electron chi connectivity index (χ1n) is 11.3. The minimum Gasteiger partial charge on any atom is -0.460 e. The van der Waals surface area contributed by atoms with Gasteiger partial charge < -0.3 is 23.7 Å². The van der Waals surface area contributed by atoms with Crippen LogP contribution < -0.4 is 0 Å². The molecule has 174 valence electrons. The first-order chi connectivity index (χ1) is 13.6. The van der Waals surface area contributed by atoms with Gasteiger partial charge in [-0.15, -0.1) is 0 Å². The van der Waals surface area contributed by atoms with E-state index in [1.807, 2.05) is 6.92 Å². The maximum absolute atomic E-state index is 12.4. The Balaban J connectivity index is 2.43. The van der Waals surface area contributed by atoms with Gasteiger partial charge in [0, 0.05) is 12.3 Å². The quantitative estimate of drug-likeness (QED) is 0.494. The zero-order valence-corrected chi connectivity index (χ0v) is 21.4. The molecular weight excluding hydrogens is 400 g/mol. The van der Waals surface area contributed by atoms with Crippen molar-refractivity contribution in [2.45, 2.75) is 104 Å². The molecule has 0 aromatic rings. The van der Waals surface area contributed by atoms with Crippen molar-refractivity contribution >= 4 is 14.3 Å². The van der Waals surface area contributed by atoms with Crippen LogP contribution in [0, 0.1) is 17.8 Å². The van der Waals surface area contributed by atoms with Crippen molar-refractivity contribution in [2.24, 2.45) is 17.8 Å². The molecule has 0 unspecified atom stereocenters.